The molecule has 21 heavy (non-hydrogen) atoms. The van der Waals surface area contributed by atoms with Crippen molar-refractivity contribution < 1.29 is 13.9 Å². The number of para-hydroxylation sites is 1. The third kappa shape index (κ3) is 3.10. The molecule has 1 fully saturated rings. The summed E-state index contributed by atoms with van der Waals surface area (Å²) < 4.78 is 19.1. The molecule has 0 aliphatic carbocycles. The second kappa shape index (κ2) is 5.78. The van der Waals surface area contributed by atoms with Gasteiger partial charge in [-0.1, -0.05) is 12.1 Å². The fourth-order valence-electron chi connectivity index (χ4n) is 2.04. The van der Waals surface area contributed by atoms with Crippen molar-refractivity contribution in [3.63, 3.8) is 0 Å². The van der Waals surface area contributed by atoms with Gasteiger partial charge < -0.3 is 15.0 Å². The van der Waals surface area contributed by atoms with E-state index < -0.39 is 5.82 Å². The minimum absolute atomic E-state index is 0.0428. The molecule has 1 aliphatic heterocycles. The molecule has 0 spiro atoms. The molecule has 0 radical (unpaired) electrons. The highest BCUT2D eigenvalue weighted by Crippen LogP contribution is 2.19. The van der Waals surface area contributed by atoms with Crippen LogP contribution >= 0.6 is 0 Å². The van der Waals surface area contributed by atoms with E-state index in [1.54, 1.807) is 41.6 Å². The number of likely N-dealkylation sites (tertiary alicyclic amines) is 1. The summed E-state index contributed by atoms with van der Waals surface area (Å²) in [4.78, 5) is 17.4. The molecule has 0 bridgehead atoms. The molecule has 5 nitrogen and oxygen atoms in total. The predicted molar refractivity (Wildman–Crippen MR) is 75.6 cm³/mol. The Morgan fingerprint density at radius 1 is 1.24 bits per heavy atom. The van der Waals surface area contributed by atoms with Gasteiger partial charge in [0, 0.05) is 12.4 Å². The fraction of sp³-hybridized carbons (Fsp3) is 0.200. The number of hydrogen-bond donors (Lipinski definition) is 1. The van der Waals surface area contributed by atoms with Crippen LogP contribution < -0.4 is 10.1 Å². The smallest absolute Gasteiger partial charge is 0.322 e. The Labute approximate surface area is 121 Å². The lowest BCUT2D eigenvalue weighted by Crippen LogP contribution is -2.57. The van der Waals surface area contributed by atoms with Crippen LogP contribution in [0, 0.1) is 5.82 Å². The lowest BCUT2D eigenvalue weighted by Gasteiger charge is -2.38. The number of halogens is 1. The molecule has 1 aliphatic rings. The molecule has 2 heterocycles. The summed E-state index contributed by atoms with van der Waals surface area (Å²) in [6, 6.07) is 9.29. The number of anilines is 1. The van der Waals surface area contributed by atoms with Crippen LogP contribution in [0.25, 0.3) is 0 Å². The van der Waals surface area contributed by atoms with Crippen molar-refractivity contribution in [2.45, 2.75) is 6.10 Å². The van der Waals surface area contributed by atoms with Gasteiger partial charge in [-0.15, -0.1) is 0 Å². The van der Waals surface area contributed by atoms with Crippen LogP contribution in [0.15, 0.2) is 48.8 Å². The number of rotatable bonds is 3. The Kier molecular flexibility index (Phi) is 3.68. The van der Waals surface area contributed by atoms with Crippen molar-refractivity contribution in [3.8, 4) is 5.75 Å². The normalized spacial score (nSPS) is 14.4. The third-order valence-corrected chi connectivity index (χ3v) is 3.20. The first kappa shape index (κ1) is 13.4. The van der Waals surface area contributed by atoms with E-state index in [9.17, 15) is 9.18 Å². The number of nitrogens with one attached hydrogen (secondary N) is 1. The number of urea groups is 1. The van der Waals surface area contributed by atoms with Crippen molar-refractivity contribution in [2.75, 3.05) is 18.4 Å². The minimum Gasteiger partial charge on any atom is -0.487 e. The summed E-state index contributed by atoms with van der Waals surface area (Å²) >= 11 is 0. The molecule has 1 saturated heterocycles. The quantitative estimate of drug-likeness (QED) is 0.943. The highest BCUT2D eigenvalue weighted by molar-refractivity contribution is 5.90. The summed E-state index contributed by atoms with van der Waals surface area (Å²) in [5, 5.41) is 2.54. The lowest BCUT2D eigenvalue weighted by atomic mass is 10.2. The Morgan fingerprint density at radius 2 is 1.95 bits per heavy atom. The van der Waals surface area contributed by atoms with Gasteiger partial charge in [-0.3, -0.25) is 4.98 Å². The lowest BCUT2D eigenvalue weighted by molar-refractivity contribution is 0.0492. The van der Waals surface area contributed by atoms with Crippen LogP contribution in [-0.4, -0.2) is 35.1 Å². The van der Waals surface area contributed by atoms with E-state index in [1.165, 1.54) is 12.1 Å². The topological polar surface area (TPSA) is 54.5 Å². The van der Waals surface area contributed by atoms with Gasteiger partial charge in [0.15, 0.2) is 0 Å². The van der Waals surface area contributed by atoms with E-state index in [4.69, 9.17) is 4.74 Å². The number of pyridine rings is 1. The Balaban J connectivity index is 1.50. The Hall–Kier alpha value is -2.63. The molecule has 2 aromatic rings. The summed E-state index contributed by atoms with van der Waals surface area (Å²) in [5.74, 6) is 0.278. The van der Waals surface area contributed by atoms with E-state index in [-0.39, 0.29) is 17.8 Å². The van der Waals surface area contributed by atoms with Gasteiger partial charge in [0.1, 0.15) is 17.7 Å². The van der Waals surface area contributed by atoms with Crippen LogP contribution in [0.1, 0.15) is 0 Å². The molecular formula is C15H14FN3O2. The summed E-state index contributed by atoms with van der Waals surface area (Å²) in [6.07, 6.45) is 3.26. The first-order chi connectivity index (χ1) is 10.2. The number of carbonyl (C=O) groups is 1. The Morgan fingerprint density at radius 3 is 2.67 bits per heavy atom. The minimum atomic E-state index is -0.448. The largest absolute Gasteiger partial charge is 0.487 e. The fourth-order valence-corrected chi connectivity index (χ4v) is 2.04. The average Bonchev–Trinajstić information content (AvgIpc) is 2.46. The van der Waals surface area contributed by atoms with Crippen LogP contribution in [0.4, 0.5) is 14.9 Å². The molecule has 6 heteroatoms. The number of ether oxygens (including phenoxy) is 1. The average molecular weight is 287 g/mol. The summed E-state index contributed by atoms with van der Waals surface area (Å²) in [6.45, 7) is 0.950. The van der Waals surface area contributed by atoms with Crippen LogP contribution in [0.3, 0.4) is 0 Å². The van der Waals surface area contributed by atoms with E-state index in [0.717, 1.165) is 5.75 Å². The van der Waals surface area contributed by atoms with Gasteiger partial charge in [0.05, 0.1) is 18.8 Å². The highest BCUT2D eigenvalue weighted by atomic mass is 19.1. The third-order valence-electron chi connectivity index (χ3n) is 3.20. The van der Waals surface area contributed by atoms with Gasteiger partial charge in [0.2, 0.25) is 0 Å². The molecule has 0 atom stereocenters. The van der Waals surface area contributed by atoms with Gasteiger partial charge in [-0.2, -0.15) is 0 Å². The van der Waals surface area contributed by atoms with Crippen molar-refractivity contribution in [1.82, 2.24) is 9.88 Å². The summed E-state index contributed by atoms with van der Waals surface area (Å²) in [7, 11) is 0. The van der Waals surface area contributed by atoms with Crippen LogP contribution in [0.5, 0.6) is 5.75 Å². The molecule has 0 saturated carbocycles. The van der Waals surface area contributed by atoms with E-state index >= 15 is 0 Å². The molecule has 108 valence electrons. The van der Waals surface area contributed by atoms with E-state index in [1.807, 2.05) is 0 Å². The van der Waals surface area contributed by atoms with Crippen molar-refractivity contribution in [1.29, 1.82) is 0 Å². The molecule has 1 N–H and O–H groups in total. The first-order valence-corrected chi connectivity index (χ1v) is 6.59. The van der Waals surface area contributed by atoms with Crippen LogP contribution in [-0.2, 0) is 0 Å². The highest BCUT2D eigenvalue weighted by Gasteiger charge is 2.32. The first-order valence-electron chi connectivity index (χ1n) is 6.59. The number of benzene rings is 1. The van der Waals surface area contributed by atoms with Crippen molar-refractivity contribution in [3.05, 3.63) is 54.6 Å². The molecule has 3 rings (SSSR count). The van der Waals surface area contributed by atoms with Crippen LogP contribution in [0.2, 0.25) is 0 Å². The van der Waals surface area contributed by atoms with Gasteiger partial charge in [-0.05, 0) is 24.3 Å². The molecule has 1 aromatic carbocycles. The zero-order chi connectivity index (χ0) is 14.7. The predicted octanol–water partition coefficient (Wildman–Crippen LogP) is 2.52. The zero-order valence-electron chi connectivity index (χ0n) is 11.2. The van der Waals surface area contributed by atoms with E-state index in [2.05, 4.69) is 10.3 Å². The maximum atomic E-state index is 13.4. The van der Waals surface area contributed by atoms with Crippen molar-refractivity contribution in [2.24, 2.45) is 0 Å². The second-order valence-electron chi connectivity index (χ2n) is 4.74. The Bertz CT molecular complexity index is 630. The maximum absolute atomic E-state index is 13.4. The monoisotopic (exact) mass is 287 g/mol. The number of hydrogen-bond acceptors (Lipinski definition) is 3. The van der Waals surface area contributed by atoms with Crippen molar-refractivity contribution >= 4 is 11.7 Å². The molecular weight excluding hydrogens is 273 g/mol. The SMILES string of the molecule is O=C(Nc1ccccc1F)N1CC(Oc2ccncc2)C1. The molecule has 1 aromatic heterocycles. The standard InChI is InChI=1S/C15H14FN3O2/c16-13-3-1-2-4-14(13)18-15(20)19-9-12(10-19)21-11-5-7-17-8-6-11/h1-8,12H,9-10H2,(H,18,20). The van der Waals surface area contributed by atoms with Gasteiger partial charge >= 0.3 is 6.03 Å². The van der Waals surface area contributed by atoms with Gasteiger partial charge in [0.25, 0.3) is 0 Å². The summed E-state index contributed by atoms with van der Waals surface area (Å²) in [5.41, 5.74) is 0.181. The number of carbonyl (C=O) groups excluding carboxylic acids is 1. The maximum Gasteiger partial charge on any atom is 0.322 e. The molecule has 2 amide bonds. The second-order valence-corrected chi connectivity index (χ2v) is 4.74. The number of aromatic nitrogens is 1. The molecule has 0 unspecified atom stereocenters. The zero-order valence-corrected chi connectivity index (χ0v) is 11.2. The number of nitrogens with zero attached hydrogens (tertiary/aromatic N) is 2. The van der Waals surface area contributed by atoms with E-state index in [0.29, 0.717) is 13.1 Å². The number of amides is 2. The van der Waals surface area contributed by atoms with Gasteiger partial charge in [-0.25, -0.2) is 9.18 Å².